The fraction of sp³-hybridized carbons (Fsp3) is 0.538. The van der Waals surface area contributed by atoms with Crippen molar-refractivity contribution < 1.29 is 13.9 Å². The normalized spacial score (nSPS) is 15.0. The van der Waals surface area contributed by atoms with E-state index in [2.05, 4.69) is 5.32 Å². The fourth-order valence-corrected chi connectivity index (χ4v) is 1.72. The molecule has 17 heavy (non-hydrogen) atoms. The van der Waals surface area contributed by atoms with Crippen LogP contribution in [0, 0.1) is 17.6 Å². The Morgan fingerprint density at radius 2 is 1.88 bits per heavy atom. The Morgan fingerprint density at radius 1 is 1.24 bits per heavy atom. The number of halogens is 2. The monoisotopic (exact) mass is 243 g/mol. The number of benzene rings is 1. The lowest BCUT2D eigenvalue weighted by molar-refractivity contribution is 0.200. The SMILES string of the molecule is CC(N[C@H](CO)C(C)C)c1ccc(F)cc1F. The lowest BCUT2D eigenvalue weighted by Crippen LogP contribution is -2.38. The van der Waals surface area contributed by atoms with Crippen molar-refractivity contribution in [3.05, 3.63) is 35.4 Å². The third-order valence-electron chi connectivity index (χ3n) is 2.89. The van der Waals surface area contributed by atoms with Gasteiger partial charge in [0.25, 0.3) is 0 Å². The molecular weight excluding hydrogens is 224 g/mol. The number of aliphatic hydroxyl groups excluding tert-OH is 1. The van der Waals surface area contributed by atoms with Crippen molar-refractivity contribution >= 4 is 0 Å². The van der Waals surface area contributed by atoms with Crippen LogP contribution in [0.25, 0.3) is 0 Å². The highest BCUT2D eigenvalue weighted by molar-refractivity contribution is 5.21. The van der Waals surface area contributed by atoms with Crippen LogP contribution in [0.4, 0.5) is 8.78 Å². The Hall–Kier alpha value is -1.00. The van der Waals surface area contributed by atoms with E-state index in [4.69, 9.17) is 0 Å². The maximum Gasteiger partial charge on any atom is 0.130 e. The molecule has 0 saturated heterocycles. The molecule has 2 nitrogen and oxygen atoms in total. The van der Waals surface area contributed by atoms with E-state index in [1.807, 2.05) is 13.8 Å². The molecule has 0 bridgehead atoms. The highest BCUT2D eigenvalue weighted by atomic mass is 19.1. The van der Waals surface area contributed by atoms with Gasteiger partial charge in [0, 0.05) is 23.7 Å². The number of aliphatic hydroxyl groups is 1. The van der Waals surface area contributed by atoms with Crippen molar-refractivity contribution in [2.45, 2.75) is 32.9 Å². The van der Waals surface area contributed by atoms with Gasteiger partial charge in [0.05, 0.1) is 6.61 Å². The van der Waals surface area contributed by atoms with Gasteiger partial charge < -0.3 is 10.4 Å². The first-order chi connectivity index (χ1) is 7.95. The molecule has 96 valence electrons. The van der Waals surface area contributed by atoms with Crippen LogP contribution in [0.5, 0.6) is 0 Å². The van der Waals surface area contributed by atoms with Gasteiger partial charge in [0.2, 0.25) is 0 Å². The lowest BCUT2D eigenvalue weighted by Gasteiger charge is -2.25. The Labute approximate surface area is 101 Å². The second-order valence-corrected chi connectivity index (χ2v) is 4.59. The third-order valence-corrected chi connectivity index (χ3v) is 2.89. The summed E-state index contributed by atoms with van der Waals surface area (Å²) in [7, 11) is 0. The molecule has 0 aromatic heterocycles. The molecule has 0 saturated carbocycles. The number of hydrogen-bond donors (Lipinski definition) is 2. The first-order valence-electron chi connectivity index (χ1n) is 5.77. The molecule has 0 heterocycles. The van der Waals surface area contributed by atoms with Crippen LogP contribution < -0.4 is 5.32 Å². The Kier molecular flexibility index (Phi) is 5.02. The molecule has 1 rings (SSSR count). The summed E-state index contributed by atoms with van der Waals surface area (Å²) in [6, 6.07) is 3.16. The summed E-state index contributed by atoms with van der Waals surface area (Å²) in [6.45, 7) is 5.73. The summed E-state index contributed by atoms with van der Waals surface area (Å²) in [5.74, 6) is -0.905. The van der Waals surface area contributed by atoms with Gasteiger partial charge >= 0.3 is 0 Å². The number of nitrogens with one attached hydrogen (secondary N) is 1. The van der Waals surface area contributed by atoms with Crippen LogP contribution in [-0.4, -0.2) is 17.8 Å². The van der Waals surface area contributed by atoms with E-state index in [1.54, 1.807) is 6.92 Å². The van der Waals surface area contributed by atoms with Crippen molar-refractivity contribution in [2.75, 3.05) is 6.61 Å². The molecule has 0 aliphatic carbocycles. The summed E-state index contributed by atoms with van der Waals surface area (Å²) >= 11 is 0. The van der Waals surface area contributed by atoms with Gasteiger partial charge in [0.1, 0.15) is 11.6 Å². The molecule has 2 N–H and O–H groups in total. The zero-order chi connectivity index (χ0) is 13.0. The minimum Gasteiger partial charge on any atom is -0.395 e. The second-order valence-electron chi connectivity index (χ2n) is 4.59. The first kappa shape index (κ1) is 14.1. The average Bonchev–Trinajstić information content (AvgIpc) is 2.24. The predicted octanol–water partition coefficient (Wildman–Crippen LogP) is 2.63. The zero-order valence-electron chi connectivity index (χ0n) is 10.4. The third kappa shape index (κ3) is 3.75. The van der Waals surface area contributed by atoms with Crippen molar-refractivity contribution in [3.63, 3.8) is 0 Å². The van der Waals surface area contributed by atoms with E-state index in [9.17, 15) is 13.9 Å². The van der Waals surface area contributed by atoms with E-state index < -0.39 is 11.6 Å². The smallest absolute Gasteiger partial charge is 0.130 e. The van der Waals surface area contributed by atoms with Crippen molar-refractivity contribution in [1.82, 2.24) is 5.32 Å². The Balaban J connectivity index is 2.78. The van der Waals surface area contributed by atoms with Gasteiger partial charge in [-0.05, 0) is 18.9 Å². The van der Waals surface area contributed by atoms with E-state index in [0.717, 1.165) is 6.07 Å². The summed E-state index contributed by atoms with van der Waals surface area (Å²) in [5.41, 5.74) is 0.408. The van der Waals surface area contributed by atoms with Gasteiger partial charge in [-0.15, -0.1) is 0 Å². The molecule has 1 unspecified atom stereocenters. The van der Waals surface area contributed by atoms with Crippen LogP contribution in [-0.2, 0) is 0 Å². The maximum atomic E-state index is 13.5. The van der Waals surface area contributed by atoms with E-state index >= 15 is 0 Å². The molecule has 0 fully saturated rings. The minimum absolute atomic E-state index is 0.00911. The standard InChI is InChI=1S/C13H19F2NO/c1-8(2)13(7-17)16-9(3)11-5-4-10(14)6-12(11)15/h4-6,8-9,13,16-17H,7H2,1-3H3/t9?,13-/m1/s1. The van der Waals surface area contributed by atoms with Gasteiger partial charge in [-0.1, -0.05) is 19.9 Å². The van der Waals surface area contributed by atoms with Crippen LogP contribution >= 0.6 is 0 Å². The molecule has 0 aliphatic heterocycles. The fourth-order valence-electron chi connectivity index (χ4n) is 1.72. The molecule has 0 radical (unpaired) electrons. The first-order valence-corrected chi connectivity index (χ1v) is 5.77. The van der Waals surface area contributed by atoms with Crippen LogP contribution in [0.3, 0.4) is 0 Å². The number of rotatable bonds is 5. The van der Waals surface area contributed by atoms with Crippen LogP contribution in [0.15, 0.2) is 18.2 Å². The van der Waals surface area contributed by atoms with Crippen molar-refractivity contribution in [2.24, 2.45) is 5.92 Å². The van der Waals surface area contributed by atoms with Crippen LogP contribution in [0.2, 0.25) is 0 Å². The molecule has 0 aliphatic rings. The van der Waals surface area contributed by atoms with E-state index in [0.29, 0.717) is 5.56 Å². The summed E-state index contributed by atoms with van der Waals surface area (Å²) in [6.07, 6.45) is 0. The molecule has 1 aromatic rings. The molecule has 0 spiro atoms. The molecule has 4 heteroatoms. The Morgan fingerprint density at radius 3 is 2.35 bits per heavy atom. The Bertz CT molecular complexity index is 368. The summed E-state index contributed by atoms with van der Waals surface area (Å²) < 4.78 is 26.3. The van der Waals surface area contributed by atoms with Gasteiger partial charge in [-0.2, -0.15) is 0 Å². The quantitative estimate of drug-likeness (QED) is 0.833. The zero-order valence-corrected chi connectivity index (χ0v) is 10.4. The predicted molar refractivity (Wildman–Crippen MR) is 63.6 cm³/mol. The van der Waals surface area contributed by atoms with Gasteiger partial charge in [0.15, 0.2) is 0 Å². The number of hydrogen-bond acceptors (Lipinski definition) is 2. The maximum absolute atomic E-state index is 13.5. The molecular formula is C13H19F2NO. The molecule has 1 aromatic carbocycles. The molecule has 2 atom stereocenters. The highest BCUT2D eigenvalue weighted by Crippen LogP contribution is 2.19. The van der Waals surface area contributed by atoms with Gasteiger partial charge in [-0.25, -0.2) is 8.78 Å². The lowest BCUT2D eigenvalue weighted by atomic mass is 10.0. The van der Waals surface area contributed by atoms with E-state index in [-0.39, 0.29) is 24.6 Å². The summed E-state index contributed by atoms with van der Waals surface area (Å²) in [4.78, 5) is 0. The van der Waals surface area contributed by atoms with E-state index in [1.165, 1.54) is 12.1 Å². The molecule has 0 amide bonds. The largest absolute Gasteiger partial charge is 0.395 e. The van der Waals surface area contributed by atoms with Gasteiger partial charge in [-0.3, -0.25) is 0 Å². The topological polar surface area (TPSA) is 32.3 Å². The van der Waals surface area contributed by atoms with Crippen molar-refractivity contribution in [3.8, 4) is 0 Å². The van der Waals surface area contributed by atoms with Crippen LogP contribution in [0.1, 0.15) is 32.4 Å². The second kappa shape index (κ2) is 6.07. The summed E-state index contributed by atoms with van der Waals surface area (Å²) in [5, 5.41) is 12.3. The minimum atomic E-state index is -0.582. The van der Waals surface area contributed by atoms with Crippen molar-refractivity contribution in [1.29, 1.82) is 0 Å². The highest BCUT2D eigenvalue weighted by Gasteiger charge is 2.18. The average molecular weight is 243 g/mol.